The Balaban J connectivity index is 1.14. The number of ether oxygens (including phenoxy) is 3. The van der Waals surface area contributed by atoms with Crippen molar-refractivity contribution < 1.29 is 23.9 Å². The van der Waals surface area contributed by atoms with Crippen molar-refractivity contribution in [2.45, 2.75) is 83.7 Å². The maximum absolute atomic E-state index is 12.7. The molecular formula is C30H39NO6. The first kappa shape index (κ1) is 25.1. The molecule has 1 spiro atoms. The first-order valence-corrected chi connectivity index (χ1v) is 14.2. The average Bonchev–Trinajstić information content (AvgIpc) is 3.17. The molecule has 2 aliphatic heterocycles. The van der Waals surface area contributed by atoms with E-state index in [-0.39, 0.29) is 23.3 Å². The van der Waals surface area contributed by atoms with E-state index in [1.807, 2.05) is 0 Å². The third kappa shape index (κ3) is 4.13. The quantitative estimate of drug-likeness (QED) is 0.205. The minimum Gasteiger partial charge on any atom is -0.459 e. The van der Waals surface area contributed by atoms with Gasteiger partial charge >= 0.3 is 5.97 Å². The number of hydrogen-bond donors (Lipinski definition) is 0. The van der Waals surface area contributed by atoms with Gasteiger partial charge in [-0.1, -0.05) is 32.9 Å². The lowest BCUT2D eigenvalue weighted by molar-refractivity contribution is -0.384. The van der Waals surface area contributed by atoms with Crippen molar-refractivity contribution in [3.05, 3.63) is 52.1 Å². The zero-order valence-electron chi connectivity index (χ0n) is 22.1. The molecule has 5 aliphatic rings. The van der Waals surface area contributed by atoms with Crippen LogP contribution >= 0.6 is 0 Å². The van der Waals surface area contributed by atoms with E-state index < -0.39 is 16.7 Å². The van der Waals surface area contributed by atoms with Crippen molar-refractivity contribution in [2.75, 3.05) is 6.61 Å². The molecule has 7 heteroatoms. The fourth-order valence-electron chi connectivity index (χ4n) is 8.35. The number of non-ortho nitro benzene ring substituents is 1. The van der Waals surface area contributed by atoms with Gasteiger partial charge in [-0.25, -0.2) is 4.79 Å². The van der Waals surface area contributed by atoms with Crippen LogP contribution in [0.15, 0.2) is 36.4 Å². The molecule has 2 saturated carbocycles. The van der Waals surface area contributed by atoms with E-state index in [1.165, 1.54) is 43.5 Å². The number of fused-ring (bicyclic) bond motifs is 5. The Hall–Kier alpha value is -2.25. The number of nitrogens with zero attached hydrogens (tertiary/aromatic N) is 1. The number of nitro benzene ring substituents is 1. The van der Waals surface area contributed by atoms with Crippen LogP contribution in [0.25, 0.3) is 0 Å². The van der Waals surface area contributed by atoms with Gasteiger partial charge < -0.3 is 14.2 Å². The van der Waals surface area contributed by atoms with Crippen LogP contribution in [0, 0.1) is 51.0 Å². The molecule has 1 aromatic rings. The smallest absolute Gasteiger partial charge is 0.338 e. The third-order valence-electron chi connectivity index (χ3n) is 10.7. The second kappa shape index (κ2) is 9.19. The molecule has 3 aliphatic carbocycles. The minimum absolute atomic E-state index is 0.0298. The van der Waals surface area contributed by atoms with Gasteiger partial charge in [0.15, 0.2) is 5.79 Å². The molecule has 10 atom stereocenters. The maximum atomic E-state index is 12.7. The summed E-state index contributed by atoms with van der Waals surface area (Å²) in [6.45, 7) is 7.86. The van der Waals surface area contributed by atoms with Gasteiger partial charge in [0, 0.05) is 30.4 Å². The second-order valence-corrected chi connectivity index (χ2v) is 12.7. The van der Waals surface area contributed by atoms with E-state index in [9.17, 15) is 14.9 Å². The fraction of sp³-hybridized carbons (Fsp3) is 0.700. The van der Waals surface area contributed by atoms with Gasteiger partial charge in [-0.2, -0.15) is 0 Å². The van der Waals surface area contributed by atoms with Gasteiger partial charge in [0.25, 0.3) is 5.69 Å². The summed E-state index contributed by atoms with van der Waals surface area (Å²) < 4.78 is 19.2. The Bertz CT molecular complexity index is 1080. The summed E-state index contributed by atoms with van der Waals surface area (Å²) in [5, 5.41) is 10.9. The summed E-state index contributed by atoms with van der Waals surface area (Å²) in [5.74, 6) is 2.15. The van der Waals surface area contributed by atoms with Crippen LogP contribution in [0.2, 0.25) is 0 Å². The molecule has 0 bridgehead atoms. The molecule has 2 saturated heterocycles. The van der Waals surface area contributed by atoms with Crippen molar-refractivity contribution in [1.29, 1.82) is 0 Å². The summed E-state index contributed by atoms with van der Waals surface area (Å²) in [4.78, 5) is 23.2. The zero-order valence-corrected chi connectivity index (χ0v) is 22.1. The van der Waals surface area contributed by atoms with Crippen molar-refractivity contribution in [2.24, 2.45) is 40.9 Å². The van der Waals surface area contributed by atoms with E-state index >= 15 is 0 Å². The van der Waals surface area contributed by atoms with E-state index in [1.54, 1.807) is 0 Å². The van der Waals surface area contributed by atoms with Crippen LogP contribution in [0.1, 0.15) is 76.1 Å². The van der Waals surface area contributed by atoms with E-state index in [0.29, 0.717) is 41.1 Å². The van der Waals surface area contributed by atoms with Gasteiger partial charge in [-0.3, -0.25) is 10.1 Å². The number of esters is 1. The normalized spacial score (nSPS) is 44.5. The predicted molar refractivity (Wildman–Crippen MR) is 138 cm³/mol. The van der Waals surface area contributed by atoms with Crippen LogP contribution in [-0.2, 0) is 14.2 Å². The molecular weight excluding hydrogens is 470 g/mol. The lowest BCUT2D eigenvalue weighted by Crippen LogP contribution is -2.52. The van der Waals surface area contributed by atoms with Crippen molar-refractivity contribution >= 4 is 11.7 Å². The number of benzene rings is 1. The van der Waals surface area contributed by atoms with Crippen LogP contribution in [0.5, 0.6) is 0 Å². The highest BCUT2D eigenvalue weighted by molar-refractivity contribution is 5.89. The zero-order chi connectivity index (χ0) is 25.9. The molecule has 0 aromatic heterocycles. The molecule has 4 fully saturated rings. The number of rotatable bonds is 3. The van der Waals surface area contributed by atoms with E-state index in [2.05, 4.69) is 32.9 Å². The van der Waals surface area contributed by atoms with Crippen molar-refractivity contribution in [1.82, 2.24) is 0 Å². The molecule has 7 nitrogen and oxygen atoms in total. The van der Waals surface area contributed by atoms with E-state index in [0.717, 1.165) is 32.3 Å². The molecule has 0 N–H and O–H groups in total. The molecule has 2 heterocycles. The first-order chi connectivity index (χ1) is 17.7. The number of carbonyl (C=O) groups is 1. The predicted octanol–water partition coefficient (Wildman–Crippen LogP) is 6.32. The van der Waals surface area contributed by atoms with Gasteiger partial charge in [0.2, 0.25) is 0 Å². The third-order valence-corrected chi connectivity index (χ3v) is 10.7. The Morgan fingerprint density at radius 3 is 2.57 bits per heavy atom. The molecule has 0 amide bonds. The fourth-order valence-corrected chi connectivity index (χ4v) is 8.35. The molecule has 0 radical (unpaired) electrons. The van der Waals surface area contributed by atoms with Gasteiger partial charge in [-0.05, 0) is 79.7 Å². The largest absolute Gasteiger partial charge is 0.459 e. The lowest BCUT2D eigenvalue weighted by atomic mass is 9.50. The lowest BCUT2D eigenvalue weighted by Gasteiger charge is -2.55. The van der Waals surface area contributed by atoms with E-state index in [4.69, 9.17) is 14.2 Å². The molecule has 6 rings (SSSR count). The number of allylic oxidation sites excluding steroid dienone is 1. The van der Waals surface area contributed by atoms with Crippen LogP contribution in [-0.4, -0.2) is 35.5 Å². The number of carbonyl (C=O) groups excluding carboxylic acids is 1. The van der Waals surface area contributed by atoms with Crippen molar-refractivity contribution in [3.63, 3.8) is 0 Å². The Morgan fingerprint density at radius 1 is 1.08 bits per heavy atom. The molecule has 1 aromatic carbocycles. The molecule has 0 unspecified atom stereocenters. The Morgan fingerprint density at radius 2 is 1.86 bits per heavy atom. The first-order valence-electron chi connectivity index (χ1n) is 14.2. The summed E-state index contributed by atoms with van der Waals surface area (Å²) in [6.07, 6.45) is 12.2. The Labute approximate surface area is 219 Å². The average molecular weight is 510 g/mol. The minimum atomic E-state index is -0.465. The van der Waals surface area contributed by atoms with Crippen LogP contribution in [0.4, 0.5) is 5.69 Å². The SMILES string of the molecule is C[C@@H]1CC[C@]2(OC1)O[C@H]1[C@H]3C=C[C@H]4C[C@@H](OC(=O)c5ccc([N+](=O)[O-])cc5)CC[C@]4(C)[C@@H]3CC[C@@H]1[C@@H]2C. The molecule has 200 valence electrons. The summed E-state index contributed by atoms with van der Waals surface area (Å²) >= 11 is 0. The number of nitro groups is 1. The van der Waals surface area contributed by atoms with Crippen molar-refractivity contribution in [3.8, 4) is 0 Å². The monoisotopic (exact) mass is 509 g/mol. The maximum Gasteiger partial charge on any atom is 0.338 e. The van der Waals surface area contributed by atoms with Gasteiger partial charge in [0.05, 0.1) is 23.2 Å². The standard InChI is InChI=1S/C30H39NO6/c1-18-12-15-30(35-17-18)19(2)24-10-11-26-25(27(24)37-30)9-6-21-16-23(13-14-29(21,26)3)36-28(32)20-4-7-22(8-5-20)31(33)34/h4-9,18-19,21,23-27H,10-17H2,1-3H3/t18-,19+,21+,23+,24-,25+,26-,27-,29+,30+/m1/s1. The highest BCUT2D eigenvalue weighted by Crippen LogP contribution is 2.62. The molecule has 37 heavy (non-hydrogen) atoms. The van der Waals surface area contributed by atoms with Crippen LogP contribution < -0.4 is 0 Å². The highest BCUT2D eigenvalue weighted by atomic mass is 16.7. The van der Waals surface area contributed by atoms with Crippen LogP contribution in [0.3, 0.4) is 0 Å². The number of hydrogen-bond acceptors (Lipinski definition) is 6. The Kier molecular flexibility index (Phi) is 6.22. The highest BCUT2D eigenvalue weighted by Gasteiger charge is 2.61. The summed E-state index contributed by atoms with van der Waals surface area (Å²) in [7, 11) is 0. The second-order valence-electron chi connectivity index (χ2n) is 12.7. The summed E-state index contributed by atoms with van der Waals surface area (Å²) in [5.41, 5.74) is 0.500. The van der Waals surface area contributed by atoms with Gasteiger partial charge in [0.1, 0.15) is 6.10 Å². The topological polar surface area (TPSA) is 87.9 Å². The summed E-state index contributed by atoms with van der Waals surface area (Å²) in [6, 6.07) is 5.65. The van der Waals surface area contributed by atoms with Gasteiger partial charge in [-0.15, -0.1) is 0 Å².